The Hall–Kier alpha value is -1.69. The van der Waals surface area contributed by atoms with Gasteiger partial charge in [0.25, 0.3) is 0 Å². The second-order valence-electron chi connectivity index (χ2n) is 8.36. The summed E-state index contributed by atoms with van der Waals surface area (Å²) in [5, 5.41) is -0.320. The van der Waals surface area contributed by atoms with E-state index < -0.39 is 9.84 Å². The molecule has 4 rings (SSSR count). The van der Waals surface area contributed by atoms with Crippen LogP contribution in [-0.4, -0.2) is 50.9 Å². The van der Waals surface area contributed by atoms with E-state index in [4.69, 9.17) is 4.74 Å². The number of hydrogen-bond donors (Lipinski definition) is 0. The largest absolute Gasteiger partial charge is 0.381 e. The highest BCUT2D eigenvalue weighted by Crippen LogP contribution is 2.27. The Bertz CT molecular complexity index is 900. The first-order valence-corrected chi connectivity index (χ1v) is 12.3. The van der Waals surface area contributed by atoms with E-state index in [0.717, 1.165) is 24.1 Å². The lowest BCUT2D eigenvalue weighted by Crippen LogP contribution is -2.28. The van der Waals surface area contributed by atoms with Crippen LogP contribution in [0.3, 0.4) is 0 Å². The van der Waals surface area contributed by atoms with Crippen LogP contribution in [0.15, 0.2) is 53.4 Å². The van der Waals surface area contributed by atoms with Crippen molar-refractivity contribution in [3.8, 4) is 11.1 Å². The minimum absolute atomic E-state index is 0.320. The number of ether oxygens (including phenoxy) is 1. The molecule has 1 unspecified atom stereocenters. The summed E-state index contributed by atoms with van der Waals surface area (Å²) in [6, 6.07) is 16.7. The number of hydrogen-bond acceptors (Lipinski definition) is 4. The Labute approximate surface area is 174 Å². The van der Waals surface area contributed by atoms with Gasteiger partial charge in [0.1, 0.15) is 0 Å². The predicted molar refractivity (Wildman–Crippen MR) is 117 cm³/mol. The average molecular weight is 414 g/mol. The molecule has 4 nitrogen and oxygen atoms in total. The molecule has 2 aromatic rings. The molecule has 0 amide bonds. The highest BCUT2D eigenvalue weighted by Gasteiger charge is 2.29. The summed E-state index contributed by atoms with van der Waals surface area (Å²) in [5.74, 6) is 0. The Morgan fingerprint density at radius 2 is 1.55 bits per heavy atom. The van der Waals surface area contributed by atoms with Crippen molar-refractivity contribution in [2.45, 2.75) is 55.2 Å². The molecule has 156 valence electrons. The van der Waals surface area contributed by atoms with Gasteiger partial charge in [-0.15, -0.1) is 0 Å². The molecular formula is C24H31NO3S. The van der Waals surface area contributed by atoms with Gasteiger partial charge in [-0.2, -0.15) is 0 Å². The lowest BCUT2D eigenvalue weighted by atomic mass is 10.0. The zero-order valence-electron chi connectivity index (χ0n) is 17.2. The van der Waals surface area contributed by atoms with Crippen molar-refractivity contribution in [1.82, 2.24) is 4.90 Å². The van der Waals surface area contributed by atoms with Crippen molar-refractivity contribution in [3.63, 3.8) is 0 Å². The van der Waals surface area contributed by atoms with E-state index in [9.17, 15) is 8.42 Å². The highest BCUT2D eigenvalue weighted by molar-refractivity contribution is 7.92. The minimum atomic E-state index is -3.27. The molecule has 0 saturated carbocycles. The first-order valence-electron chi connectivity index (χ1n) is 10.8. The van der Waals surface area contributed by atoms with Crippen LogP contribution in [0.4, 0.5) is 0 Å². The Morgan fingerprint density at radius 1 is 0.931 bits per heavy atom. The molecule has 2 saturated heterocycles. The van der Waals surface area contributed by atoms with Gasteiger partial charge in [0.2, 0.25) is 0 Å². The fourth-order valence-corrected chi connectivity index (χ4v) is 6.19. The topological polar surface area (TPSA) is 46.6 Å². The van der Waals surface area contributed by atoms with Crippen LogP contribution in [0.2, 0.25) is 0 Å². The molecule has 0 aliphatic carbocycles. The maximum absolute atomic E-state index is 12.8. The van der Waals surface area contributed by atoms with E-state index in [1.807, 2.05) is 12.1 Å². The van der Waals surface area contributed by atoms with E-state index in [-0.39, 0.29) is 5.25 Å². The average Bonchev–Trinajstić information content (AvgIpc) is 3.18. The van der Waals surface area contributed by atoms with Gasteiger partial charge < -0.3 is 9.64 Å². The fraction of sp³-hybridized carbons (Fsp3) is 0.500. The van der Waals surface area contributed by atoms with Crippen LogP contribution in [-0.2, 0) is 21.0 Å². The normalized spacial score (nSPS) is 21.5. The van der Waals surface area contributed by atoms with E-state index in [1.165, 1.54) is 24.9 Å². The van der Waals surface area contributed by atoms with Crippen LogP contribution < -0.4 is 0 Å². The van der Waals surface area contributed by atoms with Crippen LogP contribution in [0.1, 0.15) is 38.2 Å². The van der Waals surface area contributed by atoms with Crippen molar-refractivity contribution in [3.05, 3.63) is 54.1 Å². The lowest BCUT2D eigenvalue weighted by Gasteiger charge is -2.22. The summed E-state index contributed by atoms with van der Waals surface area (Å²) in [7, 11) is -3.27. The summed E-state index contributed by atoms with van der Waals surface area (Å²) in [6.45, 7) is 5.74. The van der Waals surface area contributed by atoms with Gasteiger partial charge in [0.05, 0.1) is 10.1 Å². The first-order chi connectivity index (χ1) is 14.0. The van der Waals surface area contributed by atoms with E-state index >= 15 is 0 Å². The first kappa shape index (κ1) is 20.6. The van der Waals surface area contributed by atoms with Gasteiger partial charge in [-0.25, -0.2) is 8.42 Å². The van der Waals surface area contributed by atoms with Gasteiger partial charge in [0.15, 0.2) is 9.84 Å². The summed E-state index contributed by atoms with van der Waals surface area (Å²) < 4.78 is 30.9. The predicted octanol–water partition coefficient (Wildman–Crippen LogP) is 4.33. The van der Waals surface area contributed by atoms with Gasteiger partial charge in [-0.05, 0) is 74.4 Å². The SMILES string of the molecule is CC1CCCN1CCc1ccc(-c2ccc(S(=O)(=O)C3CCOCC3)cc2)cc1. The molecule has 2 aromatic carbocycles. The van der Waals surface area contributed by atoms with Crippen molar-refractivity contribution >= 4 is 9.84 Å². The number of sulfone groups is 1. The summed E-state index contributed by atoms with van der Waals surface area (Å²) >= 11 is 0. The smallest absolute Gasteiger partial charge is 0.181 e. The fourth-order valence-electron chi connectivity index (χ4n) is 4.48. The second kappa shape index (κ2) is 8.99. The maximum atomic E-state index is 12.8. The van der Waals surface area contributed by atoms with Gasteiger partial charge >= 0.3 is 0 Å². The lowest BCUT2D eigenvalue weighted by molar-refractivity contribution is 0.0983. The number of likely N-dealkylation sites (tertiary alicyclic amines) is 1. The third-order valence-corrected chi connectivity index (χ3v) is 8.73. The third kappa shape index (κ3) is 4.73. The van der Waals surface area contributed by atoms with Crippen LogP contribution in [0, 0.1) is 0 Å². The van der Waals surface area contributed by atoms with Crippen molar-refractivity contribution in [2.24, 2.45) is 0 Å². The Balaban J connectivity index is 1.41. The summed E-state index contributed by atoms with van der Waals surface area (Å²) in [6.07, 6.45) is 4.88. The molecule has 29 heavy (non-hydrogen) atoms. The Kier molecular flexibility index (Phi) is 6.38. The summed E-state index contributed by atoms with van der Waals surface area (Å²) in [4.78, 5) is 3.00. The zero-order chi connectivity index (χ0) is 20.3. The van der Waals surface area contributed by atoms with E-state index in [2.05, 4.69) is 36.1 Å². The van der Waals surface area contributed by atoms with Crippen LogP contribution in [0.25, 0.3) is 11.1 Å². The van der Waals surface area contributed by atoms with Gasteiger partial charge in [-0.3, -0.25) is 0 Å². The van der Waals surface area contributed by atoms with Crippen LogP contribution in [0.5, 0.6) is 0 Å². The van der Waals surface area contributed by atoms with E-state index in [1.54, 1.807) is 12.1 Å². The number of nitrogens with zero attached hydrogens (tertiary/aromatic N) is 1. The molecule has 2 aliphatic rings. The number of benzene rings is 2. The molecule has 2 heterocycles. The molecule has 2 aliphatic heterocycles. The van der Waals surface area contributed by atoms with E-state index in [0.29, 0.717) is 37.0 Å². The van der Waals surface area contributed by atoms with Crippen molar-refractivity contribution in [1.29, 1.82) is 0 Å². The Morgan fingerprint density at radius 3 is 2.14 bits per heavy atom. The van der Waals surface area contributed by atoms with Gasteiger partial charge in [-0.1, -0.05) is 36.4 Å². The summed E-state index contributed by atoms with van der Waals surface area (Å²) in [5.41, 5.74) is 3.53. The standard InChI is InChI=1S/C24H31NO3S/c1-19-3-2-15-25(19)16-12-20-4-6-21(7-5-20)22-8-10-23(11-9-22)29(26,27)24-13-17-28-18-14-24/h4-11,19,24H,2-3,12-18H2,1H3. The molecular weight excluding hydrogens is 382 g/mol. The molecule has 0 N–H and O–H groups in total. The molecule has 1 atom stereocenters. The molecule has 5 heteroatoms. The zero-order valence-corrected chi connectivity index (χ0v) is 18.0. The van der Waals surface area contributed by atoms with Gasteiger partial charge in [0, 0.05) is 25.8 Å². The third-order valence-electron chi connectivity index (χ3n) is 6.46. The quantitative estimate of drug-likeness (QED) is 0.707. The highest BCUT2D eigenvalue weighted by atomic mass is 32.2. The maximum Gasteiger partial charge on any atom is 0.181 e. The molecule has 2 fully saturated rings. The molecule has 0 radical (unpaired) electrons. The monoisotopic (exact) mass is 413 g/mol. The second-order valence-corrected chi connectivity index (χ2v) is 10.6. The van der Waals surface area contributed by atoms with Crippen LogP contribution >= 0.6 is 0 Å². The minimum Gasteiger partial charge on any atom is -0.381 e. The van der Waals surface area contributed by atoms with Crippen molar-refractivity contribution < 1.29 is 13.2 Å². The number of rotatable bonds is 6. The molecule has 0 bridgehead atoms. The molecule has 0 aromatic heterocycles. The molecule has 0 spiro atoms. The van der Waals surface area contributed by atoms with Crippen molar-refractivity contribution in [2.75, 3.05) is 26.3 Å².